The molecular weight excluding hydrogens is 409 g/mol. The van der Waals surface area contributed by atoms with Gasteiger partial charge in [-0.2, -0.15) is 0 Å². The zero-order valence-electron chi connectivity index (χ0n) is 18.0. The predicted octanol–water partition coefficient (Wildman–Crippen LogP) is 5.07. The van der Waals surface area contributed by atoms with Crippen LogP contribution in [0.1, 0.15) is 56.1 Å². The van der Waals surface area contributed by atoms with Crippen LogP contribution in [0, 0.1) is 11.2 Å². The van der Waals surface area contributed by atoms with Crippen molar-refractivity contribution in [3.8, 4) is 17.0 Å². The van der Waals surface area contributed by atoms with E-state index in [-0.39, 0.29) is 22.7 Å². The van der Waals surface area contributed by atoms with Crippen molar-refractivity contribution in [3.05, 3.63) is 50.5 Å². The van der Waals surface area contributed by atoms with Gasteiger partial charge in [0.05, 0.1) is 22.9 Å². The first-order valence-corrected chi connectivity index (χ1v) is 10.3. The van der Waals surface area contributed by atoms with Crippen LogP contribution in [-0.4, -0.2) is 30.7 Å². The van der Waals surface area contributed by atoms with Gasteiger partial charge in [0.25, 0.3) is 0 Å². The van der Waals surface area contributed by atoms with Crippen molar-refractivity contribution in [3.63, 3.8) is 0 Å². The van der Waals surface area contributed by atoms with Crippen LogP contribution in [0.4, 0.5) is 4.39 Å². The summed E-state index contributed by atoms with van der Waals surface area (Å²) < 4.78 is 27.8. The van der Waals surface area contributed by atoms with E-state index in [0.29, 0.717) is 36.0 Å². The molecule has 0 amide bonds. The quantitative estimate of drug-likeness (QED) is 0.469. The van der Waals surface area contributed by atoms with Crippen LogP contribution < -0.4 is 10.2 Å². The number of methoxy groups -OCH3 is 1. The molecule has 0 aliphatic carbocycles. The van der Waals surface area contributed by atoms with Crippen LogP contribution in [0.2, 0.25) is 5.02 Å². The number of nitrogens with zero attached hydrogens (tertiary/aromatic N) is 1. The first-order valence-electron chi connectivity index (χ1n) is 9.96. The van der Waals surface area contributed by atoms with Gasteiger partial charge in [0.2, 0.25) is 5.43 Å². The van der Waals surface area contributed by atoms with E-state index in [4.69, 9.17) is 21.1 Å². The Morgan fingerprint density at radius 3 is 2.60 bits per heavy atom. The van der Waals surface area contributed by atoms with Gasteiger partial charge in [-0.3, -0.25) is 9.59 Å². The van der Waals surface area contributed by atoms with E-state index in [1.165, 1.54) is 13.1 Å². The van der Waals surface area contributed by atoms with Gasteiger partial charge in [-0.1, -0.05) is 32.4 Å². The molecule has 1 aromatic heterocycles. The molecule has 7 heteroatoms. The van der Waals surface area contributed by atoms with Crippen molar-refractivity contribution in [2.75, 3.05) is 20.3 Å². The second kappa shape index (κ2) is 8.52. The molecule has 1 atom stereocenters. The Morgan fingerprint density at radius 1 is 1.30 bits per heavy atom. The Morgan fingerprint density at radius 2 is 2.00 bits per heavy atom. The third kappa shape index (κ3) is 4.16. The fourth-order valence-corrected chi connectivity index (χ4v) is 4.08. The number of aromatic nitrogens is 1. The van der Waals surface area contributed by atoms with Gasteiger partial charge in [-0.15, -0.1) is 0 Å². The molecule has 0 saturated heterocycles. The minimum absolute atomic E-state index is 0.141. The van der Waals surface area contributed by atoms with E-state index >= 15 is 4.39 Å². The molecule has 3 rings (SSSR count). The second-order valence-electron chi connectivity index (χ2n) is 8.72. The Hall–Kier alpha value is -2.18. The van der Waals surface area contributed by atoms with Crippen LogP contribution in [0.5, 0.6) is 5.75 Å². The molecule has 162 valence electrons. The summed E-state index contributed by atoms with van der Waals surface area (Å²) in [6.07, 6.45) is 2.80. The van der Waals surface area contributed by atoms with Crippen molar-refractivity contribution in [2.24, 2.45) is 5.41 Å². The van der Waals surface area contributed by atoms with E-state index in [1.807, 2.05) is 26.8 Å². The minimum Gasteiger partial charge on any atom is -0.492 e. The Balaban J connectivity index is 2.18. The van der Waals surface area contributed by atoms with Gasteiger partial charge >= 0.3 is 0 Å². The summed E-state index contributed by atoms with van der Waals surface area (Å²) in [4.78, 5) is 24.4. The Labute approximate surface area is 180 Å². The van der Waals surface area contributed by atoms with Gasteiger partial charge < -0.3 is 14.0 Å². The Bertz CT molecular complexity index is 1040. The number of carbonyl (C=O) groups excluding carboxylic acids is 1. The lowest BCUT2D eigenvalue weighted by atomic mass is 9.78. The zero-order valence-corrected chi connectivity index (χ0v) is 18.7. The molecule has 5 nitrogen and oxygen atoms in total. The van der Waals surface area contributed by atoms with Crippen LogP contribution in [0.25, 0.3) is 11.3 Å². The number of carbonyl (C=O) groups is 1. The first-order chi connectivity index (χ1) is 14.1. The number of ether oxygens (including phenoxy) is 2. The van der Waals surface area contributed by atoms with E-state index < -0.39 is 17.0 Å². The number of hydrogen-bond acceptors (Lipinski definition) is 4. The number of halogens is 2. The van der Waals surface area contributed by atoms with Gasteiger partial charge in [0.15, 0.2) is 11.6 Å². The summed E-state index contributed by atoms with van der Waals surface area (Å²) >= 11 is 6.42. The standard InChI is InChI=1S/C23H27ClFNO4/c1-13(27)16-12-26-19(23(2,3)4)10-14-9-18(30-8-6-7-29-5)17(24)11-15(14)21(26)20(25)22(16)28/h9,11-12,19H,6-8,10H2,1-5H3. The lowest BCUT2D eigenvalue weighted by Gasteiger charge is -2.39. The van der Waals surface area contributed by atoms with Crippen molar-refractivity contribution >= 4 is 17.4 Å². The number of fused-ring (bicyclic) bond motifs is 3. The molecule has 0 N–H and O–H groups in total. The van der Waals surface area contributed by atoms with Crippen LogP contribution in [-0.2, 0) is 11.2 Å². The monoisotopic (exact) mass is 435 g/mol. The molecule has 1 aliphatic rings. The van der Waals surface area contributed by atoms with Crippen LogP contribution >= 0.6 is 11.6 Å². The number of Topliss-reactive ketones (excluding diaryl/α,β-unsaturated/α-hetero) is 1. The average Bonchev–Trinajstić information content (AvgIpc) is 2.66. The number of ketones is 1. The highest BCUT2D eigenvalue weighted by Gasteiger charge is 2.36. The highest BCUT2D eigenvalue weighted by atomic mass is 35.5. The maximum Gasteiger partial charge on any atom is 0.228 e. The summed E-state index contributed by atoms with van der Waals surface area (Å²) in [5.74, 6) is -0.857. The SMILES string of the molecule is COCCCOc1cc2c(cc1Cl)-c1c(F)c(=O)c(C(C)=O)cn1C(C(C)(C)C)C2. The summed E-state index contributed by atoms with van der Waals surface area (Å²) in [6, 6.07) is 3.31. The smallest absolute Gasteiger partial charge is 0.228 e. The molecule has 1 aromatic carbocycles. The molecule has 1 unspecified atom stereocenters. The molecule has 0 spiro atoms. The van der Waals surface area contributed by atoms with Crippen LogP contribution in [0.3, 0.4) is 0 Å². The maximum absolute atomic E-state index is 15.3. The summed E-state index contributed by atoms with van der Waals surface area (Å²) in [7, 11) is 1.63. The molecular formula is C23H27ClFNO4. The third-order valence-corrected chi connectivity index (χ3v) is 5.76. The summed E-state index contributed by atoms with van der Waals surface area (Å²) in [5, 5.41) is 0.342. The molecule has 1 aliphatic heterocycles. The zero-order chi connectivity index (χ0) is 22.2. The molecule has 30 heavy (non-hydrogen) atoms. The lowest BCUT2D eigenvalue weighted by Crippen LogP contribution is -2.34. The first kappa shape index (κ1) is 22.5. The topological polar surface area (TPSA) is 57.5 Å². The lowest BCUT2D eigenvalue weighted by molar-refractivity contribution is 0.101. The maximum atomic E-state index is 15.3. The van der Waals surface area contributed by atoms with Gasteiger partial charge in [0.1, 0.15) is 5.75 Å². The Kier molecular flexibility index (Phi) is 6.39. The summed E-state index contributed by atoms with van der Waals surface area (Å²) in [6.45, 7) is 8.45. The van der Waals surface area contributed by atoms with Crippen molar-refractivity contribution in [2.45, 2.75) is 46.6 Å². The highest BCUT2D eigenvalue weighted by molar-refractivity contribution is 6.32. The molecule has 2 heterocycles. The number of rotatable bonds is 6. The van der Waals surface area contributed by atoms with E-state index in [9.17, 15) is 9.59 Å². The van der Waals surface area contributed by atoms with E-state index in [0.717, 1.165) is 12.0 Å². The second-order valence-corrected chi connectivity index (χ2v) is 9.13. The van der Waals surface area contributed by atoms with Gasteiger partial charge in [-0.25, -0.2) is 4.39 Å². The van der Waals surface area contributed by atoms with Crippen molar-refractivity contribution in [1.82, 2.24) is 4.57 Å². The van der Waals surface area contributed by atoms with E-state index in [1.54, 1.807) is 17.7 Å². The number of pyridine rings is 1. The molecule has 0 saturated carbocycles. The number of hydrogen-bond donors (Lipinski definition) is 0. The third-order valence-electron chi connectivity index (χ3n) is 5.47. The fraction of sp³-hybridized carbons (Fsp3) is 0.478. The minimum atomic E-state index is -0.928. The van der Waals surface area contributed by atoms with Gasteiger partial charge in [0, 0.05) is 37.9 Å². The normalized spacial score (nSPS) is 15.5. The predicted molar refractivity (Wildman–Crippen MR) is 115 cm³/mol. The molecule has 0 radical (unpaired) electrons. The van der Waals surface area contributed by atoms with Crippen molar-refractivity contribution in [1.29, 1.82) is 0 Å². The largest absolute Gasteiger partial charge is 0.492 e. The highest BCUT2D eigenvalue weighted by Crippen LogP contribution is 2.45. The molecule has 0 fully saturated rings. The molecule has 2 aromatic rings. The average molecular weight is 436 g/mol. The van der Waals surface area contributed by atoms with Gasteiger partial charge in [-0.05, 0) is 36.5 Å². The fourth-order valence-electron chi connectivity index (χ4n) is 3.87. The number of benzene rings is 1. The van der Waals surface area contributed by atoms with Crippen LogP contribution in [0.15, 0.2) is 23.1 Å². The van der Waals surface area contributed by atoms with Crippen molar-refractivity contribution < 1.29 is 18.7 Å². The van der Waals surface area contributed by atoms with E-state index in [2.05, 4.69) is 0 Å². The molecule has 0 bridgehead atoms. The summed E-state index contributed by atoms with van der Waals surface area (Å²) in [5.41, 5.74) is 0.299.